The molecule has 1 amide bonds. The Bertz CT molecular complexity index is 1250. The largest absolute Gasteiger partial charge is 0.480 e. The lowest BCUT2D eigenvalue weighted by atomic mass is 9.48. The minimum atomic E-state index is -1.14. The third-order valence-corrected chi connectivity index (χ3v) is 9.71. The highest BCUT2D eigenvalue weighted by Crippen LogP contribution is 2.61. The van der Waals surface area contributed by atoms with Gasteiger partial charge in [-0.25, -0.2) is 14.0 Å². The molecule has 40 heavy (non-hydrogen) atoms. The Balaban J connectivity index is 1.18. The number of ketones is 1. The minimum Gasteiger partial charge on any atom is -0.480 e. The van der Waals surface area contributed by atoms with Gasteiger partial charge in [-0.15, -0.1) is 0 Å². The number of alkyl carbamates (subject to hydrolysis) is 1. The van der Waals surface area contributed by atoms with Crippen molar-refractivity contribution in [2.45, 2.75) is 82.1 Å². The predicted octanol–water partition coefficient (Wildman–Crippen LogP) is 6.74. The van der Waals surface area contributed by atoms with E-state index in [0.717, 1.165) is 48.1 Å². The van der Waals surface area contributed by atoms with E-state index in [4.69, 9.17) is 4.74 Å². The third kappa shape index (κ3) is 6.37. The van der Waals surface area contributed by atoms with Gasteiger partial charge in [0, 0.05) is 22.6 Å². The van der Waals surface area contributed by atoms with E-state index in [0.29, 0.717) is 16.9 Å². The maximum Gasteiger partial charge on any atom is 0.408 e. The fourth-order valence-electron chi connectivity index (χ4n) is 7.37. The first kappa shape index (κ1) is 28.7. The molecule has 0 radical (unpaired) electrons. The standard InChI is InChI=1S/C32H38FNO5S/c1-31(2,3)39-30(38)34-27(29(36)37)18-40-17-19-4-6-23(7-5-19)28(35)24-8-9-25(26(33)13-24)32-14-20-10-21(15-32)12-22(11-20)16-32/h4-9,13,20-22,27H,10-12,14-18H2,1-3H3,(H,34,38)(H,36,37). The van der Waals surface area contributed by atoms with E-state index in [-0.39, 0.29) is 22.8 Å². The number of hydrogen-bond donors (Lipinski definition) is 2. The van der Waals surface area contributed by atoms with Crippen molar-refractivity contribution in [3.05, 3.63) is 70.5 Å². The van der Waals surface area contributed by atoms with Crippen LogP contribution < -0.4 is 5.32 Å². The summed E-state index contributed by atoms with van der Waals surface area (Å²) in [5.41, 5.74) is 1.77. The van der Waals surface area contributed by atoms with Crippen LogP contribution in [0.1, 0.15) is 86.3 Å². The molecule has 6 rings (SSSR count). The Morgan fingerprint density at radius 1 is 1.00 bits per heavy atom. The molecule has 8 heteroatoms. The van der Waals surface area contributed by atoms with Crippen LogP contribution in [0.3, 0.4) is 0 Å². The topological polar surface area (TPSA) is 92.7 Å². The summed E-state index contributed by atoms with van der Waals surface area (Å²) >= 11 is 1.35. The maximum atomic E-state index is 15.5. The molecule has 0 saturated heterocycles. The van der Waals surface area contributed by atoms with Crippen molar-refractivity contribution in [3.63, 3.8) is 0 Å². The van der Waals surface area contributed by atoms with Crippen LogP contribution in [-0.2, 0) is 20.7 Å². The molecular formula is C32H38FNO5S. The summed E-state index contributed by atoms with van der Waals surface area (Å²) in [6, 6.07) is 11.1. The monoisotopic (exact) mass is 567 g/mol. The van der Waals surface area contributed by atoms with E-state index in [1.807, 2.05) is 18.2 Å². The van der Waals surface area contributed by atoms with E-state index in [2.05, 4.69) is 5.32 Å². The second-order valence-electron chi connectivity index (χ2n) is 13.0. The quantitative estimate of drug-likeness (QED) is 0.326. The normalized spacial score (nSPS) is 25.9. The number of aliphatic carboxylic acids is 1. The van der Waals surface area contributed by atoms with Crippen molar-refractivity contribution in [2.24, 2.45) is 17.8 Å². The molecule has 2 aromatic rings. The van der Waals surface area contributed by atoms with Gasteiger partial charge in [0.15, 0.2) is 5.78 Å². The second-order valence-corrected chi connectivity index (χ2v) is 14.0. The Morgan fingerprint density at radius 2 is 1.57 bits per heavy atom. The molecular weight excluding hydrogens is 529 g/mol. The SMILES string of the molecule is CC(C)(C)OC(=O)NC(CSCc1ccc(C(=O)c2ccc(C34CC5CC(CC(C5)C3)C4)c(F)c2)cc1)C(=O)O. The molecule has 214 valence electrons. The molecule has 2 aromatic carbocycles. The van der Waals surface area contributed by atoms with Gasteiger partial charge in [-0.2, -0.15) is 11.8 Å². The number of benzene rings is 2. The van der Waals surface area contributed by atoms with E-state index in [1.54, 1.807) is 39.0 Å². The number of halogens is 1. The van der Waals surface area contributed by atoms with Crippen LogP contribution in [0.2, 0.25) is 0 Å². The fraction of sp³-hybridized carbons (Fsp3) is 0.531. The molecule has 0 spiro atoms. The van der Waals surface area contributed by atoms with Crippen molar-refractivity contribution in [3.8, 4) is 0 Å². The zero-order chi connectivity index (χ0) is 28.7. The summed E-state index contributed by atoms with van der Waals surface area (Å²) in [6.45, 7) is 5.13. The lowest BCUT2D eigenvalue weighted by Crippen LogP contribution is -2.48. The van der Waals surface area contributed by atoms with E-state index in [9.17, 15) is 19.5 Å². The summed E-state index contributed by atoms with van der Waals surface area (Å²) in [7, 11) is 0. The van der Waals surface area contributed by atoms with Crippen LogP contribution in [-0.4, -0.2) is 40.3 Å². The van der Waals surface area contributed by atoms with Crippen LogP contribution >= 0.6 is 11.8 Å². The number of carbonyl (C=O) groups excluding carboxylic acids is 2. The van der Waals surface area contributed by atoms with Crippen LogP contribution in [0.4, 0.5) is 9.18 Å². The molecule has 4 bridgehead atoms. The van der Waals surface area contributed by atoms with Crippen LogP contribution in [0.25, 0.3) is 0 Å². The van der Waals surface area contributed by atoms with Gasteiger partial charge in [-0.05, 0) is 99.7 Å². The number of carboxylic acids is 1. The van der Waals surface area contributed by atoms with Crippen LogP contribution in [0.5, 0.6) is 0 Å². The Morgan fingerprint density at radius 3 is 2.10 bits per heavy atom. The molecule has 1 atom stereocenters. The van der Waals surface area contributed by atoms with Gasteiger partial charge in [0.05, 0.1) is 0 Å². The first-order valence-corrected chi connectivity index (χ1v) is 15.3. The van der Waals surface area contributed by atoms with Crippen molar-refractivity contribution < 1.29 is 28.6 Å². The number of nitrogens with one attached hydrogen (secondary N) is 1. The number of ether oxygens (including phenoxy) is 1. The highest BCUT2D eigenvalue weighted by atomic mass is 32.2. The molecule has 2 N–H and O–H groups in total. The summed E-state index contributed by atoms with van der Waals surface area (Å²) in [6.07, 6.45) is 6.36. The van der Waals surface area contributed by atoms with Gasteiger partial charge >= 0.3 is 12.1 Å². The van der Waals surface area contributed by atoms with Gasteiger partial charge in [0.1, 0.15) is 17.5 Å². The third-order valence-electron chi connectivity index (χ3n) is 8.60. The molecule has 1 unspecified atom stereocenters. The number of hydrogen-bond acceptors (Lipinski definition) is 5. The number of amides is 1. The molecule has 4 aliphatic carbocycles. The van der Waals surface area contributed by atoms with E-state index >= 15 is 4.39 Å². The molecule has 0 aliphatic heterocycles. The first-order chi connectivity index (χ1) is 18.9. The van der Waals surface area contributed by atoms with Crippen molar-refractivity contribution in [2.75, 3.05) is 5.75 Å². The molecule has 4 aliphatic rings. The van der Waals surface area contributed by atoms with Gasteiger partial charge < -0.3 is 15.2 Å². The van der Waals surface area contributed by atoms with Crippen LogP contribution in [0.15, 0.2) is 42.5 Å². The smallest absolute Gasteiger partial charge is 0.408 e. The molecule has 0 heterocycles. The molecule has 4 fully saturated rings. The Hall–Kier alpha value is -2.87. The highest BCUT2D eigenvalue weighted by Gasteiger charge is 2.52. The first-order valence-electron chi connectivity index (χ1n) is 14.1. The second kappa shape index (κ2) is 11.2. The van der Waals surface area contributed by atoms with Crippen molar-refractivity contribution >= 4 is 29.6 Å². The number of carbonyl (C=O) groups is 3. The van der Waals surface area contributed by atoms with Crippen LogP contribution in [0, 0.1) is 23.6 Å². The zero-order valence-corrected chi connectivity index (χ0v) is 24.2. The lowest BCUT2D eigenvalue weighted by molar-refractivity contribution is -0.138. The summed E-state index contributed by atoms with van der Waals surface area (Å²) in [4.78, 5) is 36.7. The predicted molar refractivity (Wildman–Crippen MR) is 153 cm³/mol. The summed E-state index contributed by atoms with van der Waals surface area (Å²) < 4.78 is 20.6. The average Bonchev–Trinajstić information content (AvgIpc) is 2.86. The van der Waals surface area contributed by atoms with E-state index in [1.165, 1.54) is 37.1 Å². The average molecular weight is 568 g/mol. The number of thioether (sulfide) groups is 1. The number of rotatable bonds is 9. The number of carboxylic acid groups (broad SMARTS) is 1. The van der Waals surface area contributed by atoms with Gasteiger partial charge in [-0.3, -0.25) is 4.79 Å². The fourth-order valence-corrected chi connectivity index (χ4v) is 8.37. The lowest BCUT2D eigenvalue weighted by Gasteiger charge is -2.57. The van der Waals surface area contributed by atoms with Gasteiger partial charge in [0.25, 0.3) is 0 Å². The van der Waals surface area contributed by atoms with E-state index < -0.39 is 23.7 Å². The van der Waals surface area contributed by atoms with Gasteiger partial charge in [0.2, 0.25) is 0 Å². The zero-order valence-electron chi connectivity index (χ0n) is 23.4. The summed E-state index contributed by atoms with van der Waals surface area (Å²) in [5, 5.41) is 11.8. The minimum absolute atomic E-state index is 0.0538. The summed E-state index contributed by atoms with van der Waals surface area (Å²) in [5.74, 6) is 1.21. The molecule has 0 aromatic heterocycles. The highest BCUT2D eigenvalue weighted by molar-refractivity contribution is 7.98. The molecule has 6 nitrogen and oxygen atoms in total. The Kier molecular flexibility index (Phi) is 8.01. The maximum absolute atomic E-state index is 15.5. The van der Waals surface area contributed by atoms with Gasteiger partial charge in [-0.1, -0.05) is 36.4 Å². The molecule has 4 saturated carbocycles. The Labute approximate surface area is 239 Å². The van der Waals surface area contributed by atoms with Crippen molar-refractivity contribution in [1.29, 1.82) is 0 Å². The van der Waals surface area contributed by atoms with Crippen molar-refractivity contribution in [1.82, 2.24) is 5.32 Å².